The Labute approximate surface area is 150 Å². The number of anilines is 1. The second-order valence-electron chi connectivity index (χ2n) is 5.40. The van der Waals surface area contributed by atoms with Crippen molar-refractivity contribution < 1.29 is 14.2 Å². The van der Waals surface area contributed by atoms with Crippen molar-refractivity contribution in [3.63, 3.8) is 0 Å². The van der Waals surface area contributed by atoms with Gasteiger partial charge in [0.25, 0.3) is 0 Å². The van der Waals surface area contributed by atoms with E-state index in [4.69, 9.17) is 14.2 Å². The molecule has 24 heavy (non-hydrogen) atoms. The van der Waals surface area contributed by atoms with Crippen LogP contribution in [0.4, 0.5) is 5.69 Å². The predicted octanol–water partition coefficient (Wildman–Crippen LogP) is 3.71. The molecule has 0 aromatic heterocycles. The fourth-order valence-corrected chi connectivity index (χ4v) is 2.84. The van der Waals surface area contributed by atoms with Crippen molar-refractivity contribution >= 4 is 21.6 Å². The van der Waals surface area contributed by atoms with E-state index >= 15 is 0 Å². The summed E-state index contributed by atoms with van der Waals surface area (Å²) in [7, 11) is 0. The van der Waals surface area contributed by atoms with E-state index in [2.05, 4.69) is 32.8 Å². The third-order valence-electron chi connectivity index (χ3n) is 3.61. The van der Waals surface area contributed by atoms with Crippen molar-refractivity contribution in [1.29, 1.82) is 0 Å². The number of benzene rings is 2. The summed E-state index contributed by atoms with van der Waals surface area (Å²) in [6.45, 7) is 2.54. The van der Waals surface area contributed by atoms with Crippen LogP contribution in [-0.4, -0.2) is 26.1 Å². The molecule has 1 heterocycles. The molecule has 2 N–H and O–H groups in total. The molecule has 0 amide bonds. The standard InChI is InChI=1S/C18H21BrN2O3/c19-15-6-7-17(22-9-8-18-23-10-11-24-18)14(12-15)13-20-21-16-4-2-1-3-5-16/h1-7,12,18,20-21H,8-11,13H2. The zero-order chi connectivity index (χ0) is 16.6. The van der Waals surface area contributed by atoms with Crippen molar-refractivity contribution in [3.8, 4) is 5.75 Å². The minimum atomic E-state index is -0.137. The van der Waals surface area contributed by atoms with Gasteiger partial charge >= 0.3 is 0 Å². The molecule has 5 nitrogen and oxygen atoms in total. The summed E-state index contributed by atoms with van der Waals surface area (Å²) < 4.78 is 17.8. The first-order valence-corrected chi connectivity index (χ1v) is 8.79. The number of hydrogen-bond acceptors (Lipinski definition) is 5. The Morgan fingerprint density at radius 1 is 1.08 bits per heavy atom. The van der Waals surface area contributed by atoms with Crippen LogP contribution in [0, 0.1) is 0 Å². The smallest absolute Gasteiger partial charge is 0.161 e. The molecular weight excluding hydrogens is 372 g/mol. The normalized spacial score (nSPS) is 14.7. The lowest BCUT2D eigenvalue weighted by molar-refractivity contribution is -0.0532. The Kier molecular flexibility index (Phi) is 6.48. The average Bonchev–Trinajstić information content (AvgIpc) is 3.11. The van der Waals surface area contributed by atoms with E-state index in [9.17, 15) is 0 Å². The highest BCUT2D eigenvalue weighted by Crippen LogP contribution is 2.24. The molecule has 0 radical (unpaired) electrons. The van der Waals surface area contributed by atoms with Gasteiger partial charge in [-0.15, -0.1) is 0 Å². The van der Waals surface area contributed by atoms with Crippen LogP contribution in [-0.2, 0) is 16.0 Å². The highest BCUT2D eigenvalue weighted by atomic mass is 79.9. The Balaban J connectivity index is 1.52. The van der Waals surface area contributed by atoms with Crippen LogP contribution in [0.5, 0.6) is 5.75 Å². The number of hydrogen-bond donors (Lipinski definition) is 2. The number of hydrazine groups is 1. The van der Waals surface area contributed by atoms with Crippen LogP contribution in [0.15, 0.2) is 53.0 Å². The predicted molar refractivity (Wildman–Crippen MR) is 96.9 cm³/mol. The summed E-state index contributed by atoms with van der Waals surface area (Å²) in [5.74, 6) is 0.860. The van der Waals surface area contributed by atoms with Gasteiger partial charge in [-0.2, -0.15) is 0 Å². The van der Waals surface area contributed by atoms with E-state index in [1.54, 1.807) is 0 Å². The zero-order valence-electron chi connectivity index (χ0n) is 13.3. The molecule has 1 aliphatic rings. The molecule has 1 aliphatic heterocycles. The lowest BCUT2D eigenvalue weighted by atomic mass is 10.2. The van der Waals surface area contributed by atoms with Crippen molar-refractivity contribution in [2.75, 3.05) is 25.2 Å². The number of rotatable bonds is 8. The van der Waals surface area contributed by atoms with Crippen LogP contribution in [0.25, 0.3) is 0 Å². The van der Waals surface area contributed by atoms with Gasteiger partial charge < -0.3 is 19.6 Å². The van der Waals surface area contributed by atoms with Crippen molar-refractivity contribution in [2.45, 2.75) is 19.3 Å². The molecule has 0 saturated carbocycles. The fourth-order valence-electron chi connectivity index (χ4n) is 2.43. The van der Waals surface area contributed by atoms with E-state index in [1.807, 2.05) is 42.5 Å². The van der Waals surface area contributed by atoms with E-state index in [-0.39, 0.29) is 6.29 Å². The van der Waals surface area contributed by atoms with Crippen LogP contribution in [0.2, 0.25) is 0 Å². The molecule has 0 aliphatic carbocycles. The first-order chi connectivity index (χ1) is 11.8. The molecule has 1 fully saturated rings. The fraction of sp³-hybridized carbons (Fsp3) is 0.333. The number of ether oxygens (including phenoxy) is 3. The van der Waals surface area contributed by atoms with Crippen LogP contribution in [0.1, 0.15) is 12.0 Å². The van der Waals surface area contributed by atoms with Crippen molar-refractivity contribution in [3.05, 3.63) is 58.6 Å². The SMILES string of the molecule is Brc1ccc(OCCC2OCCO2)c(CNNc2ccccc2)c1. The number of nitrogens with one attached hydrogen (secondary N) is 2. The average molecular weight is 393 g/mol. The highest BCUT2D eigenvalue weighted by Gasteiger charge is 2.16. The summed E-state index contributed by atoms with van der Waals surface area (Å²) in [5, 5.41) is 0. The molecule has 6 heteroatoms. The minimum Gasteiger partial charge on any atom is -0.493 e. The summed E-state index contributed by atoms with van der Waals surface area (Å²) >= 11 is 3.51. The monoisotopic (exact) mass is 392 g/mol. The maximum atomic E-state index is 5.91. The third-order valence-corrected chi connectivity index (χ3v) is 4.10. The topological polar surface area (TPSA) is 51.8 Å². The van der Waals surface area contributed by atoms with E-state index in [1.165, 1.54) is 0 Å². The van der Waals surface area contributed by atoms with E-state index in [0.29, 0.717) is 26.4 Å². The molecule has 0 spiro atoms. The summed E-state index contributed by atoms with van der Waals surface area (Å²) in [5.41, 5.74) is 8.49. The quantitative estimate of drug-likeness (QED) is 0.670. The van der Waals surface area contributed by atoms with Gasteiger partial charge in [-0.1, -0.05) is 34.1 Å². The molecule has 2 aromatic rings. The molecule has 0 bridgehead atoms. The van der Waals surface area contributed by atoms with Gasteiger partial charge in [0.2, 0.25) is 0 Å². The van der Waals surface area contributed by atoms with Gasteiger partial charge in [0, 0.05) is 28.7 Å². The van der Waals surface area contributed by atoms with Crippen LogP contribution >= 0.6 is 15.9 Å². The first kappa shape index (κ1) is 17.2. The summed E-state index contributed by atoms with van der Waals surface area (Å²) in [4.78, 5) is 0. The number of halogens is 1. The summed E-state index contributed by atoms with van der Waals surface area (Å²) in [6.07, 6.45) is 0.590. The zero-order valence-corrected chi connectivity index (χ0v) is 14.9. The minimum absolute atomic E-state index is 0.137. The van der Waals surface area contributed by atoms with Crippen LogP contribution < -0.4 is 15.6 Å². The molecule has 1 saturated heterocycles. The van der Waals surface area contributed by atoms with Gasteiger partial charge in [-0.25, -0.2) is 5.43 Å². The lowest BCUT2D eigenvalue weighted by Gasteiger charge is -2.15. The van der Waals surface area contributed by atoms with Gasteiger partial charge in [0.15, 0.2) is 6.29 Å². The number of para-hydroxylation sites is 1. The third kappa shape index (κ3) is 5.21. The van der Waals surface area contributed by atoms with Crippen molar-refractivity contribution in [2.24, 2.45) is 0 Å². The molecule has 0 atom stereocenters. The lowest BCUT2D eigenvalue weighted by Crippen LogP contribution is -2.21. The maximum Gasteiger partial charge on any atom is 0.161 e. The molecule has 2 aromatic carbocycles. The Morgan fingerprint density at radius 3 is 2.67 bits per heavy atom. The first-order valence-electron chi connectivity index (χ1n) is 7.99. The highest BCUT2D eigenvalue weighted by molar-refractivity contribution is 9.10. The maximum absolute atomic E-state index is 5.91. The van der Waals surface area contributed by atoms with Crippen LogP contribution in [0.3, 0.4) is 0 Å². The molecule has 128 valence electrons. The molecule has 0 unspecified atom stereocenters. The van der Waals surface area contributed by atoms with Gasteiger partial charge in [-0.05, 0) is 30.3 Å². The van der Waals surface area contributed by atoms with E-state index in [0.717, 1.165) is 27.9 Å². The molecule has 3 rings (SSSR count). The second-order valence-corrected chi connectivity index (χ2v) is 6.32. The Hall–Kier alpha value is -1.60. The van der Waals surface area contributed by atoms with Gasteiger partial charge in [0.1, 0.15) is 5.75 Å². The largest absolute Gasteiger partial charge is 0.493 e. The Morgan fingerprint density at radius 2 is 1.88 bits per heavy atom. The van der Waals surface area contributed by atoms with Crippen molar-refractivity contribution in [1.82, 2.24) is 5.43 Å². The Bertz CT molecular complexity index is 633. The van der Waals surface area contributed by atoms with E-state index < -0.39 is 0 Å². The van der Waals surface area contributed by atoms with Gasteiger partial charge in [0.05, 0.1) is 19.8 Å². The second kappa shape index (κ2) is 9.03. The summed E-state index contributed by atoms with van der Waals surface area (Å²) in [6, 6.07) is 16.0. The van der Waals surface area contributed by atoms with Gasteiger partial charge in [-0.3, -0.25) is 0 Å². The molecular formula is C18H21BrN2O3.